The number of ether oxygens (including phenoxy) is 2. The van der Waals surface area contributed by atoms with Gasteiger partial charge in [-0.25, -0.2) is 0 Å². The maximum absolute atomic E-state index is 11.1. The smallest absolute Gasteiger partial charge is 0.309 e. The van der Waals surface area contributed by atoms with Gasteiger partial charge >= 0.3 is 5.97 Å². The van der Waals surface area contributed by atoms with Crippen LogP contribution in [0.5, 0.6) is 0 Å². The lowest BCUT2D eigenvalue weighted by molar-refractivity contribution is -0.147. The predicted molar refractivity (Wildman–Crippen MR) is 115 cm³/mol. The van der Waals surface area contributed by atoms with Crippen LogP contribution in [0.2, 0.25) is 0 Å². The number of carbonyl (C=O) groups is 2. The highest BCUT2D eigenvalue weighted by Gasteiger charge is 2.25. The molecule has 0 aliphatic rings. The molecule has 0 aromatic heterocycles. The van der Waals surface area contributed by atoms with E-state index in [1.807, 2.05) is 32.0 Å². The normalized spacial score (nSPS) is 12.1. The second kappa shape index (κ2) is 12.8. The molecule has 0 spiro atoms. The molecule has 0 saturated carbocycles. The maximum atomic E-state index is 11.1. The molecule has 5 heteroatoms. The molecule has 1 rings (SSSR count). The van der Waals surface area contributed by atoms with E-state index in [0.29, 0.717) is 32.8 Å². The summed E-state index contributed by atoms with van der Waals surface area (Å²) in [6.45, 7) is 9.91. The largest absolute Gasteiger partial charge is 0.481 e. The van der Waals surface area contributed by atoms with Gasteiger partial charge < -0.3 is 19.4 Å². The van der Waals surface area contributed by atoms with Gasteiger partial charge in [0.1, 0.15) is 6.29 Å². The van der Waals surface area contributed by atoms with Crippen molar-refractivity contribution >= 4 is 12.3 Å². The first-order valence-corrected chi connectivity index (χ1v) is 10.6. The molecule has 0 amide bonds. The van der Waals surface area contributed by atoms with Crippen LogP contribution in [0.15, 0.2) is 24.3 Å². The van der Waals surface area contributed by atoms with Crippen LogP contribution in [0.4, 0.5) is 0 Å². The highest BCUT2D eigenvalue weighted by molar-refractivity contribution is 5.73. The Morgan fingerprint density at radius 3 is 1.93 bits per heavy atom. The van der Waals surface area contributed by atoms with E-state index >= 15 is 0 Å². The number of hydrogen-bond acceptors (Lipinski definition) is 4. The third-order valence-corrected chi connectivity index (χ3v) is 5.13. The van der Waals surface area contributed by atoms with E-state index in [1.54, 1.807) is 13.8 Å². The van der Waals surface area contributed by atoms with E-state index in [-0.39, 0.29) is 5.41 Å². The number of carboxylic acids is 1. The molecule has 164 valence electrons. The Morgan fingerprint density at radius 1 is 0.931 bits per heavy atom. The molecule has 0 fully saturated rings. The fraction of sp³-hybridized carbons (Fsp3) is 0.667. The van der Waals surface area contributed by atoms with E-state index in [0.717, 1.165) is 49.5 Å². The van der Waals surface area contributed by atoms with E-state index in [9.17, 15) is 9.59 Å². The lowest BCUT2D eigenvalue weighted by Crippen LogP contribution is -2.23. The third-order valence-electron chi connectivity index (χ3n) is 5.13. The fourth-order valence-corrected chi connectivity index (χ4v) is 2.91. The zero-order valence-corrected chi connectivity index (χ0v) is 18.5. The highest BCUT2D eigenvalue weighted by atomic mass is 16.5. The second-order valence-corrected chi connectivity index (χ2v) is 9.13. The van der Waals surface area contributed by atoms with Crippen molar-refractivity contribution in [1.29, 1.82) is 0 Å². The minimum atomic E-state index is -0.748. The van der Waals surface area contributed by atoms with Crippen LogP contribution in [0.3, 0.4) is 0 Å². The average Bonchev–Trinajstić information content (AvgIpc) is 2.67. The summed E-state index contributed by atoms with van der Waals surface area (Å²) in [6, 6.07) is 8.20. The van der Waals surface area contributed by atoms with Crippen molar-refractivity contribution in [2.45, 2.75) is 79.4 Å². The molecule has 1 aromatic carbocycles. The van der Waals surface area contributed by atoms with E-state index in [1.165, 1.54) is 0 Å². The van der Waals surface area contributed by atoms with Crippen molar-refractivity contribution < 1.29 is 24.2 Å². The topological polar surface area (TPSA) is 72.8 Å². The lowest BCUT2D eigenvalue weighted by atomic mass is 9.87. The molecular formula is C24H38O5. The highest BCUT2D eigenvalue weighted by Crippen LogP contribution is 2.23. The number of unbranched alkanes of at least 4 members (excludes halogenated alkanes) is 2. The summed E-state index contributed by atoms with van der Waals surface area (Å²) in [5.41, 5.74) is 1.34. The van der Waals surface area contributed by atoms with Gasteiger partial charge in [0.2, 0.25) is 0 Å². The number of benzene rings is 1. The van der Waals surface area contributed by atoms with Gasteiger partial charge in [-0.1, -0.05) is 51.0 Å². The van der Waals surface area contributed by atoms with Gasteiger partial charge in [0.25, 0.3) is 0 Å². The Kier molecular flexibility index (Phi) is 11.1. The molecule has 0 aliphatic carbocycles. The predicted octanol–water partition coefficient (Wildman–Crippen LogP) is 5.40. The van der Waals surface area contributed by atoms with Crippen molar-refractivity contribution in [3.63, 3.8) is 0 Å². The molecule has 29 heavy (non-hydrogen) atoms. The summed E-state index contributed by atoms with van der Waals surface area (Å²) < 4.78 is 11.5. The van der Waals surface area contributed by atoms with Crippen molar-refractivity contribution in [2.24, 2.45) is 10.8 Å². The monoisotopic (exact) mass is 406 g/mol. The number of aldehydes is 1. The maximum Gasteiger partial charge on any atom is 0.309 e. The zero-order chi connectivity index (χ0) is 21.8. The molecule has 0 bridgehead atoms. The molecule has 0 saturated heterocycles. The molecule has 0 atom stereocenters. The van der Waals surface area contributed by atoms with Crippen molar-refractivity contribution in [3.8, 4) is 0 Å². The lowest BCUT2D eigenvalue weighted by Gasteiger charge is -2.18. The molecular weight excluding hydrogens is 368 g/mol. The molecule has 0 unspecified atom stereocenters. The summed E-state index contributed by atoms with van der Waals surface area (Å²) >= 11 is 0. The van der Waals surface area contributed by atoms with Gasteiger partial charge in [-0.2, -0.15) is 0 Å². The van der Waals surface area contributed by atoms with Crippen LogP contribution < -0.4 is 0 Å². The summed E-state index contributed by atoms with van der Waals surface area (Å²) in [4.78, 5) is 22.0. The van der Waals surface area contributed by atoms with Crippen molar-refractivity contribution in [1.82, 2.24) is 0 Å². The van der Waals surface area contributed by atoms with Crippen LogP contribution in [-0.2, 0) is 32.3 Å². The Balaban J connectivity index is 2.18. The van der Waals surface area contributed by atoms with E-state index < -0.39 is 11.4 Å². The molecule has 1 aromatic rings. The number of hydrogen-bond donors (Lipinski definition) is 1. The minimum absolute atomic E-state index is 0.235. The molecule has 1 N–H and O–H groups in total. The van der Waals surface area contributed by atoms with Crippen LogP contribution in [-0.4, -0.2) is 30.6 Å². The first-order valence-electron chi connectivity index (χ1n) is 10.6. The van der Waals surface area contributed by atoms with Crippen LogP contribution in [0.25, 0.3) is 0 Å². The van der Waals surface area contributed by atoms with Crippen LogP contribution >= 0.6 is 0 Å². The summed E-state index contributed by atoms with van der Waals surface area (Å²) in [7, 11) is 0. The zero-order valence-electron chi connectivity index (χ0n) is 18.5. The van der Waals surface area contributed by atoms with Crippen molar-refractivity contribution in [2.75, 3.05) is 13.2 Å². The molecule has 0 aliphatic heterocycles. The number of carboxylic acid groups (broad SMARTS) is 1. The van der Waals surface area contributed by atoms with E-state index in [2.05, 4.69) is 6.07 Å². The number of carbonyl (C=O) groups excluding carboxylic acids is 1. The Labute approximate surface area is 175 Å². The average molecular weight is 407 g/mol. The standard InChI is InChI=1S/C24H38O5/c1-23(2,19-25)12-5-7-14-28-17-20-10-9-11-21(16-20)18-29-15-8-6-13-24(3,4)22(26)27/h9-11,16,19H,5-8,12-15,17-18H2,1-4H3,(H,26,27). The Morgan fingerprint density at radius 2 is 1.45 bits per heavy atom. The SMILES string of the molecule is CC(C)(C=O)CCCCOCc1cccc(COCCCCC(C)(C)C(=O)O)c1. The first kappa shape index (κ1) is 25.3. The first-order chi connectivity index (χ1) is 13.7. The van der Waals surface area contributed by atoms with Gasteiger partial charge in [-0.05, 0) is 50.7 Å². The third kappa shape index (κ3) is 11.1. The van der Waals surface area contributed by atoms with Crippen LogP contribution in [0.1, 0.15) is 77.3 Å². The quantitative estimate of drug-likeness (QED) is 0.294. The number of aliphatic carboxylic acids is 1. The summed E-state index contributed by atoms with van der Waals surface area (Å²) in [5, 5.41) is 9.11. The van der Waals surface area contributed by atoms with Gasteiger partial charge in [0.15, 0.2) is 0 Å². The molecule has 5 nitrogen and oxygen atoms in total. The minimum Gasteiger partial charge on any atom is -0.481 e. The van der Waals surface area contributed by atoms with Crippen LogP contribution in [0, 0.1) is 10.8 Å². The van der Waals surface area contributed by atoms with Gasteiger partial charge in [-0.15, -0.1) is 0 Å². The summed E-state index contributed by atoms with van der Waals surface area (Å²) in [5.74, 6) is -0.748. The Bertz CT molecular complexity index is 621. The summed E-state index contributed by atoms with van der Waals surface area (Å²) in [6.07, 6.45) is 6.23. The van der Waals surface area contributed by atoms with E-state index in [4.69, 9.17) is 14.6 Å². The second-order valence-electron chi connectivity index (χ2n) is 9.13. The Hall–Kier alpha value is -1.72. The van der Waals surface area contributed by atoms with Gasteiger partial charge in [0, 0.05) is 18.6 Å². The number of rotatable bonds is 16. The molecule has 0 radical (unpaired) electrons. The molecule has 0 heterocycles. The van der Waals surface area contributed by atoms with Gasteiger partial charge in [0.05, 0.1) is 18.6 Å². The fourth-order valence-electron chi connectivity index (χ4n) is 2.91. The van der Waals surface area contributed by atoms with Gasteiger partial charge in [-0.3, -0.25) is 4.79 Å². The van der Waals surface area contributed by atoms with Crippen molar-refractivity contribution in [3.05, 3.63) is 35.4 Å².